The van der Waals surface area contributed by atoms with Crippen molar-refractivity contribution in [3.05, 3.63) is 108 Å². The van der Waals surface area contributed by atoms with Crippen molar-refractivity contribution in [3.63, 3.8) is 0 Å². The van der Waals surface area contributed by atoms with Crippen LogP contribution in [-0.4, -0.2) is 24.0 Å². The number of ether oxygens (including phenoxy) is 1. The van der Waals surface area contributed by atoms with E-state index >= 15 is 0 Å². The Morgan fingerprint density at radius 2 is 1.81 bits per heavy atom. The molecule has 9 heteroatoms. The van der Waals surface area contributed by atoms with E-state index in [1.807, 2.05) is 6.92 Å². The van der Waals surface area contributed by atoms with Gasteiger partial charge in [0.1, 0.15) is 4.90 Å². The molecule has 0 aliphatic heterocycles. The van der Waals surface area contributed by atoms with Crippen molar-refractivity contribution in [1.82, 2.24) is 8.96 Å². The number of fused-ring (bicyclic) bond motifs is 2. The SMILES string of the molecule is [C-]#[N+]c1ccc2c(c1)[c-](-c1ccccc1OCC)c(=O)n2S(=O)(=O)c1cccc2cccnc12.[CH3-].[Y]. The molecule has 5 aromatic rings. The first-order chi connectivity index (χ1) is 16.5. The Hall–Kier alpha value is -3.25. The van der Waals surface area contributed by atoms with Gasteiger partial charge < -0.3 is 12.2 Å². The van der Waals surface area contributed by atoms with Crippen LogP contribution in [0, 0.1) is 14.0 Å². The molecule has 0 amide bonds. The zero-order chi connectivity index (χ0) is 23.9. The minimum atomic E-state index is -4.33. The predicted molar refractivity (Wildman–Crippen MR) is 137 cm³/mol. The molecular weight excluding hydrogens is 551 g/mol. The van der Waals surface area contributed by atoms with E-state index in [2.05, 4.69) is 9.83 Å². The first-order valence-electron chi connectivity index (χ1n) is 10.5. The quantitative estimate of drug-likeness (QED) is 0.257. The topological polar surface area (TPSA) is 82.6 Å². The molecule has 0 N–H and O–H groups in total. The Labute approximate surface area is 234 Å². The summed E-state index contributed by atoms with van der Waals surface area (Å²) in [5, 5.41) is 1.01. The second-order valence-corrected chi connectivity index (χ2v) is 9.28. The number of pyridine rings is 1. The average Bonchev–Trinajstić information content (AvgIpc) is 3.15. The van der Waals surface area contributed by atoms with Crippen LogP contribution < -0.4 is 10.3 Å². The van der Waals surface area contributed by atoms with Gasteiger partial charge in [-0.1, -0.05) is 59.5 Å². The summed E-state index contributed by atoms with van der Waals surface area (Å²) in [5.41, 5.74) is 0.681. The molecule has 0 aliphatic carbocycles. The number of benzene rings is 3. The Balaban J connectivity index is 0.00000180. The van der Waals surface area contributed by atoms with Gasteiger partial charge in [0, 0.05) is 49.8 Å². The van der Waals surface area contributed by atoms with Gasteiger partial charge >= 0.3 is 0 Å². The zero-order valence-corrected chi connectivity index (χ0v) is 23.3. The van der Waals surface area contributed by atoms with Crippen molar-refractivity contribution in [2.75, 3.05) is 6.61 Å². The van der Waals surface area contributed by atoms with Crippen LogP contribution >= 0.6 is 0 Å². The van der Waals surface area contributed by atoms with E-state index in [9.17, 15) is 13.2 Å². The molecule has 0 bridgehead atoms. The molecule has 2 heterocycles. The van der Waals surface area contributed by atoms with Crippen molar-refractivity contribution in [2.45, 2.75) is 11.8 Å². The maximum Gasteiger partial charge on any atom is 0.266 e. The number of nitrogens with zero attached hydrogens (tertiary/aromatic N) is 3. The fourth-order valence-corrected chi connectivity index (χ4v) is 5.72. The van der Waals surface area contributed by atoms with E-state index in [4.69, 9.17) is 11.3 Å². The van der Waals surface area contributed by atoms with Crippen LogP contribution in [0.5, 0.6) is 5.75 Å². The van der Waals surface area contributed by atoms with Gasteiger partial charge in [-0.25, -0.2) is 17.2 Å². The molecule has 5 rings (SSSR count). The maximum atomic E-state index is 13.9. The van der Waals surface area contributed by atoms with Crippen LogP contribution in [0.1, 0.15) is 6.92 Å². The van der Waals surface area contributed by atoms with Gasteiger partial charge in [-0.15, -0.1) is 12.1 Å². The number of aromatic nitrogens is 2. The molecule has 179 valence electrons. The van der Waals surface area contributed by atoms with Crippen molar-refractivity contribution in [3.8, 4) is 16.9 Å². The van der Waals surface area contributed by atoms with Gasteiger partial charge in [-0.3, -0.25) is 9.78 Å². The van der Waals surface area contributed by atoms with Gasteiger partial charge in [0.25, 0.3) is 10.0 Å². The fraction of sp³-hybridized carbons (Fsp3) is 0.0741. The molecule has 0 saturated heterocycles. The third kappa shape index (κ3) is 4.39. The minimum Gasteiger partial charge on any atom is -0.528 e. The number of hydrogen-bond donors (Lipinski definition) is 0. The summed E-state index contributed by atoms with van der Waals surface area (Å²) in [7, 11) is -4.33. The number of rotatable bonds is 5. The Morgan fingerprint density at radius 1 is 1.06 bits per heavy atom. The van der Waals surface area contributed by atoms with Crippen LogP contribution in [0.25, 0.3) is 37.8 Å². The van der Waals surface area contributed by atoms with Crippen molar-refractivity contribution >= 4 is 37.5 Å². The van der Waals surface area contributed by atoms with E-state index in [0.29, 0.717) is 34.4 Å². The van der Waals surface area contributed by atoms with Crippen molar-refractivity contribution < 1.29 is 45.9 Å². The molecule has 1 radical (unpaired) electrons. The smallest absolute Gasteiger partial charge is 0.266 e. The summed E-state index contributed by atoms with van der Waals surface area (Å²) in [6.07, 6.45) is 1.51. The van der Waals surface area contributed by atoms with Gasteiger partial charge in [0.2, 0.25) is 5.56 Å². The van der Waals surface area contributed by atoms with E-state index in [-0.39, 0.29) is 61.6 Å². The standard InChI is InChI=1S/C26H18N3O4S.CH3.Y/c1-3-33-22-11-5-4-10-19(22)24-20-16-18(27-2)13-14-21(20)29(26(24)30)34(31,32)23-12-6-8-17-9-7-15-28-25(17)23;;/h4-16H,3H2,1H3;1H3;/q2*-1;. The van der Waals surface area contributed by atoms with Crippen LogP contribution in [-0.2, 0) is 42.7 Å². The minimum absolute atomic E-state index is 0. The Kier molecular flexibility index (Phi) is 8.20. The third-order valence-corrected chi connectivity index (χ3v) is 7.29. The van der Waals surface area contributed by atoms with Crippen molar-refractivity contribution in [2.24, 2.45) is 0 Å². The first kappa shape index (κ1) is 27.3. The van der Waals surface area contributed by atoms with Crippen LogP contribution in [0.4, 0.5) is 5.69 Å². The number of hydrogen-bond acceptors (Lipinski definition) is 5. The van der Waals surface area contributed by atoms with E-state index < -0.39 is 15.6 Å². The molecule has 0 saturated carbocycles. The van der Waals surface area contributed by atoms with Gasteiger partial charge in [-0.2, -0.15) is 0 Å². The van der Waals surface area contributed by atoms with Crippen molar-refractivity contribution in [1.29, 1.82) is 0 Å². The summed E-state index contributed by atoms with van der Waals surface area (Å²) in [6.45, 7) is 9.60. The van der Waals surface area contributed by atoms with E-state index in [0.717, 1.165) is 3.97 Å². The van der Waals surface area contributed by atoms with Crippen LogP contribution in [0.15, 0.2) is 88.7 Å². The molecule has 0 atom stereocenters. The molecular formula is C27H21N3O4SY-2. The fourth-order valence-electron chi connectivity index (χ4n) is 4.13. The molecule has 0 unspecified atom stereocenters. The first-order valence-corrected chi connectivity index (χ1v) is 12.0. The molecule has 0 fully saturated rings. The molecule has 3 aromatic carbocycles. The molecule has 0 aliphatic rings. The largest absolute Gasteiger partial charge is 0.528 e. The summed E-state index contributed by atoms with van der Waals surface area (Å²) in [6, 6.07) is 19.8. The van der Waals surface area contributed by atoms with Gasteiger partial charge in [0.05, 0.1) is 24.4 Å². The second kappa shape index (κ2) is 10.8. The molecule has 36 heavy (non-hydrogen) atoms. The normalized spacial score (nSPS) is 10.9. The third-order valence-electron chi connectivity index (χ3n) is 5.57. The van der Waals surface area contributed by atoms with Crippen LogP contribution in [0.3, 0.4) is 0 Å². The molecule has 7 nitrogen and oxygen atoms in total. The summed E-state index contributed by atoms with van der Waals surface area (Å²) < 4.78 is 34.4. The Bertz CT molecular complexity index is 1780. The van der Waals surface area contributed by atoms with E-state index in [1.54, 1.807) is 48.5 Å². The molecule has 0 spiro atoms. The monoisotopic (exact) mass is 572 g/mol. The van der Waals surface area contributed by atoms with Crippen LogP contribution in [0.2, 0.25) is 0 Å². The Morgan fingerprint density at radius 3 is 2.56 bits per heavy atom. The number of para-hydroxylation sites is 2. The maximum absolute atomic E-state index is 13.9. The summed E-state index contributed by atoms with van der Waals surface area (Å²) in [5.74, 6) is 0.457. The zero-order valence-electron chi connectivity index (χ0n) is 19.7. The summed E-state index contributed by atoms with van der Waals surface area (Å²) >= 11 is 0. The predicted octanol–water partition coefficient (Wildman–Crippen LogP) is 5.57. The van der Waals surface area contributed by atoms with E-state index in [1.165, 1.54) is 30.5 Å². The second-order valence-electron chi connectivity index (χ2n) is 7.52. The van der Waals surface area contributed by atoms with Gasteiger partial charge in [-0.05, 0) is 24.6 Å². The molecule has 2 aromatic heterocycles. The summed E-state index contributed by atoms with van der Waals surface area (Å²) in [4.78, 5) is 21.5. The van der Waals surface area contributed by atoms with Gasteiger partial charge in [0.15, 0.2) is 5.69 Å². The average molecular weight is 572 g/mol.